The second-order valence-corrected chi connectivity index (χ2v) is 3.12. The standard InChI is InChI=1S/C11H11F3O3/c1-2-16-7-17-10(15)8-3-5-9(6-4-8)11(12,13)14/h3-6H,2,7H2,1H3. The molecule has 0 radical (unpaired) electrons. The minimum absolute atomic E-state index is 0.0534. The molecule has 0 aliphatic heterocycles. The van der Waals surface area contributed by atoms with Gasteiger partial charge in [0.2, 0.25) is 0 Å². The highest BCUT2D eigenvalue weighted by Gasteiger charge is 2.30. The maximum atomic E-state index is 12.2. The van der Waals surface area contributed by atoms with E-state index in [-0.39, 0.29) is 12.4 Å². The monoisotopic (exact) mass is 248 g/mol. The number of ether oxygens (including phenoxy) is 2. The van der Waals surface area contributed by atoms with E-state index in [2.05, 4.69) is 4.74 Å². The number of halogens is 3. The predicted octanol–water partition coefficient (Wildman–Crippen LogP) is 2.86. The van der Waals surface area contributed by atoms with E-state index in [1.165, 1.54) is 0 Å². The van der Waals surface area contributed by atoms with Crippen molar-refractivity contribution in [3.8, 4) is 0 Å². The van der Waals surface area contributed by atoms with Crippen LogP contribution in [0.2, 0.25) is 0 Å². The lowest BCUT2D eigenvalue weighted by Crippen LogP contribution is -2.10. The maximum absolute atomic E-state index is 12.2. The molecule has 0 aliphatic carbocycles. The number of carbonyl (C=O) groups is 1. The molecule has 94 valence electrons. The molecule has 0 aliphatic rings. The van der Waals surface area contributed by atoms with Crippen LogP contribution >= 0.6 is 0 Å². The predicted molar refractivity (Wildman–Crippen MR) is 53.4 cm³/mol. The Labute approximate surface area is 96.1 Å². The summed E-state index contributed by atoms with van der Waals surface area (Å²) in [5.41, 5.74) is -0.753. The van der Waals surface area contributed by atoms with Gasteiger partial charge in [0.05, 0.1) is 11.1 Å². The van der Waals surface area contributed by atoms with Crippen molar-refractivity contribution in [2.45, 2.75) is 13.1 Å². The number of hydrogen-bond acceptors (Lipinski definition) is 3. The van der Waals surface area contributed by atoms with Crippen LogP contribution in [0, 0.1) is 0 Å². The smallest absolute Gasteiger partial charge is 0.416 e. The van der Waals surface area contributed by atoms with Crippen molar-refractivity contribution in [3.05, 3.63) is 35.4 Å². The van der Waals surface area contributed by atoms with Crippen molar-refractivity contribution >= 4 is 5.97 Å². The highest BCUT2D eigenvalue weighted by molar-refractivity contribution is 5.89. The Morgan fingerprint density at radius 2 is 1.82 bits per heavy atom. The molecule has 0 spiro atoms. The van der Waals surface area contributed by atoms with E-state index in [0.29, 0.717) is 6.61 Å². The summed E-state index contributed by atoms with van der Waals surface area (Å²) in [6.45, 7) is 1.91. The van der Waals surface area contributed by atoms with Crippen LogP contribution in [0.25, 0.3) is 0 Å². The molecule has 1 aromatic carbocycles. The summed E-state index contributed by atoms with van der Waals surface area (Å²) in [5, 5.41) is 0. The molecule has 1 aromatic rings. The van der Waals surface area contributed by atoms with Crippen LogP contribution < -0.4 is 0 Å². The average Bonchev–Trinajstić information content (AvgIpc) is 2.28. The van der Waals surface area contributed by atoms with Gasteiger partial charge in [-0.25, -0.2) is 4.79 Å². The fourth-order valence-electron chi connectivity index (χ4n) is 1.06. The van der Waals surface area contributed by atoms with Crippen molar-refractivity contribution in [3.63, 3.8) is 0 Å². The number of benzene rings is 1. The topological polar surface area (TPSA) is 35.5 Å². The number of carbonyl (C=O) groups excluding carboxylic acids is 1. The van der Waals surface area contributed by atoms with Gasteiger partial charge in [-0.15, -0.1) is 0 Å². The molecule has 0 saturated heterocycles. The minimum atomic E-state index is -4.41. The van der Waals surface area contributed by atoms with Crippen molar-refractivity contribution in [1.82, 2.24) is 0 Å². The Kier molecular flexibility index (Phi) is 4.51. The highest BCUT2D eigenvalue weighted by atomic mass is 19.4. The number of alkyl halides is 3. The molecule has 0 atom stereocenters. The molecule has 0 saturated carbocycles. The van der Waals surface area contributed by atoms with E-state index in [9.17, 15) is 18.0 Å². The minimum Gasteiger partial charge on any atom is -0.435 e. The van der Waals surface area contributed by atoms with Gasteiger partial charge < -0.3 is 9.47 Å². The molecule has 0 unspecified atom stereocenters. The van der Waals surface area contributed by atoms with Crippen molar-refractivity contribution in [1.29, 1.82) is 0 Å². The van der Waals surface area contributed by atoms with Gasteiger partial charge in [-0.3, -0.25) is 0 Å². The molecule has 0 aromatic heterocycles. The third-order valence-corrected chi connectivity index (χ3v) is 1.93. The first-order valence-corrected chi connectivity index (χ1v) is 4.87. The zero-order chi connectivity index (χ0) is 12.9. The highest BCUT2D eigenvalue weighted by Crippen LogP contribution is 2.29. The van der Waals surface area contributed by atoms with Gasteiger partial charge in [-0.1, -0.05) is 0 Å². The lowest BCUT2D eigenvalue weighted by molar-refractivity contribution is -0.137. The number of hydrogen-bond donors (Lipinski definition) is 0. The molecular weight excluding hydrogens is 237 g/mol. The lowest BCUT2D eigenvalue weighted by atomic mass is 10.1. The second kappa shape index (κ2) is 5.67. The van der Waals surface area contributed by atoms with Gasteiger partial charge in [-0.05, 0) is 31.2 Å². The molecule has 0 N–H and O–H groups in total. The lowest BCUT2D eigenvalue weighted by Gasteiger charge is -2.07. The molecule has 0 fully saturated rings. The van der Waals surface area contributed by atoms with Gasteiger partial charge in [0, 0.05) is 6.61 Å². The first kappa shape index (κ1) is 13.5. The van der Waals surface area contributed by atoms with E-state index < -0.39 is 17.7 Å². The van der Waals surface area contributed by atoms with Gasteiger partial charge in [0.25, 0.3) is 0 Å². The third kappa shape index (κ3) is 4.07. The quantitative estimate of drug-likeness (QED) is 0.467. The molecular formula is C11H11F3O3. The fraction of sp³-hybridized carbons (Fsp3) is 0.364. The summed E-state index contributed by atoms with van der Waals surface area (Å²) in [5.74, 6) is -0.716. The molecule has 0 bridgehead atoms. The summed E-state index contributed by atoms with van der Waals surface area (Å²) in [6, 6.07) is 3.79. The van der Waals surface area contributed by atoms with Crippen LogP contribution in [0.4, 0.5) is 13.2 Å². The number of esters is 1. The number of rotatable bonds is 4. The van der Waals surface area contributed by atoms with Crippen LogP contribution in [0.15, 0.2) is 24.3 Å². The van der Waals surface area contributed by atoms with E-state index in [1.54, 1.807) is 6.92 Å². The van der Waals surface area contributed by atoms with Crippen molar-refractivity contribution in [2.75, 3.05) is 13.4 Å². The Balaban J connectivity index is 2.64. The zero-order valence-corrected chi connectivity index (χ0v) is 9.08. The van der Waals surface area contributed by atoms with Crippen molar-refractivity contribution in [2.24, 2.45) is 0 Å². The molecule has 17 heavy (non-hydrogen) atoms. The molecule has 3 nitrogen and oxygen atoms in total. The van der Waals surface area contributed by atoms with E-state index in [4.69, 9.17) is 4.74 Å². The van der Waals surface area contributed by atoms with E-state index >= 15 is 0 Å². The van der Waals surface area contributed by atoms with Crippen LogP contribution in [-0.2, 0) is 15.7 Å². The summed E-state index contributed by atoms with van der Waals surface area (Å²) in [4.78, 5) is 11.3. The van der Waals surface area contributed by atoms with Gasteiger partial charge >= 0.3 is 12.1 Å². The average molecular weight is 248 g/mol. The second-order valence-electron chi connectivity index (χ2n) is 3.12. The van der Waals surface area contributed by atoms with Crippen molar-refractivity contribution < 1.29 is 27.4 Å². The Hall–Kier alpha value is -1.56. The SMILES string of the molecule is CCOCOC(=O)c1ccc(C(F)(F)F)cc1. The van der Waals surface area contributed by atoms with Gasteiger partial charge in [0.1, 0.15) is 0 Å². The molecule has 1 rings (SSSR count). The van der Waals surface area contributed by atoms with Crippen LogP contribution in [0.1, 0.15) is 22.8 Å². The largest absolute Gasteiger partial charge is 0.435 e. The van der Waals surface area contributed by atoms with Gasteiger partial charge in [-0.2, -0.15) is 13.2 Å². The third-order valence-electron chi connectivity index (χ3n) is 1.93. The fourth-order valence-corrected chi connectivity index (χ4v) is 1.06. The zero-order valence-electron chi connectivity index (χ0n) is 9.08. The first-order valence-electron chi connectivity index (χ1n) is 4.87. The summed E-state index contributed by atoms with van der Waals surface area (Å²) < 4.78 is 46.1. The molecule has 0 heterocycles. The Morgan fingerprint density at radius 3 is 2.29 bits per heavy atom. The first-order chi connectivity index (χ1) is 7.95. The van der Waals surface area contributed by atoms with E-state index in [1.807, 2.05) is 0 Å². The summed E-state index contributed by atoms with van der Waals surface area (Å²) in [6.07, 6.45) is -4.41. The summed E-state index contributed by atoms with van der Waals surface area (Å²) in [7, 11) is 0. The molecule has 6 heteroatoms. The van der Waals surface area contributed by atoms with Gasteiger partial charge in [0.15, 0.2) is 6.79 Å². The maximum Gasteiger partial charge on any atom is 0.416 e. The Morgan fingerprint density at radius 1 is 1.24 bits per heavy atom. The summed E-state index contributed by atoms with van der Waals surface area (Å²) >= 11 is 0. The normalized spacial score (nSPS) is 11.3. The van der Waals surface area contributed by atoms with Crippen LogP contribution in [0.3, 0.4) is 0 Å². The van der Waals surface area contributed by atoms with Crippen LogP contribution in [-0.4, -0.2) is 19.4 Å². The van der Waals surface area contributed by atoms with Crippen LogP contribution in [0.5, 0.6) is 0 Å². The Bertz CT molecular complexity index is 371. The van der Waals surface area contributed by atoms with E-state index in [0.717, 1.165) is 24.3 Å². The molecule has 0 amide bonds.